The van der Waals surface area contributed by atoms with Crippen LogP contribution in [0.5, 0.6) is 0 Å². The van der Waals surface area contributed by atoms with Crippen molar-refractivity contribution in [2.75, 3.05) is 23.9 Å². The molecule has 1 aromatic rings. The van der Waals surface area contributed by atoms with Crippen molar-refractivity contribution in [1.29, 1.82) is 0 Å². The predicted octanol–water partition coefficient (Wildman–Crippen LogP) is 2.93. The van der Waals surface area contributed by atoms with E-state index in [-0.39, 0.29) is 0 Å². The molecule has 0 radical (unpaired) electrons. The van der Waals surface area contributed by atoms with Gasteiger partial charge in [-0.05, 0) is 31.8 Å². The third-order valence-corrected chi connectivity index (χ3v) is 2.98. The lowest BCUT2D eigenvalue weighted by Crippen LogP contribution is -2.08. The Morgan fingerprint density at radius 2 is 2.38 bits per heavy atom. The number of unbranched alkanes of at least 4 members (excludes halogenated alkanes) is 1. The van der Waals surface area contributed by atoms with E-state index >= 15 is 0 Å². The summed E-state index contributed by atoms with van der Waals surface area (Å²) in [6.07, 6.45) is 8.54. The smallest absolute Gasteiger partial charge is 0.203 e. The quantitative estimate of drug-likeness (QED) is 0.559. The Balaban J connectivity index is 2.37. The van der Waals surface area contributed by atoms with Crippen LogP contribution < -0.4 is 5.32 Å². The zero-order chi connectivity index (χ0) is 11.8. The molecule has 0 aliphatic carbocycles. The van der Waals surface area contributed by atoms with Crippen LogP contribution in [0.15, 0.2) is 18.9 Å². The van der Waals surface area contributed by atoms with Gasteiger partial charge in [-0.1, -0.05) is 6.08 Å². The molecule has 0 saturated carbocycles. The first-order chi connectivity index (χ1) is 7.77. The second kappa shape index (κ2) is 7.39. The molecule has 0 fully saturated rings. The summed E-state index contributed by atoms with van der Waals surface area (Å²) in [7, 11) is 0. The molecule has 0 bridgehead atoms. The fourth-order valence-corrected chi connectivity index (χ4v) is 2.03. The van der Waals surface area contributed by atoms with Crippen molar-refractivity contribution in [2.45, 2.75) is 26.3 Å². The molecule has 0 atom stereocenters. The van der Waals surface area contributed by atoms with Gasteiger partial charge < -0.3 is 9.88 Å². The van der Waals surface area contributed by atoms with Crippen molar-refractivity contribution in [2.24, 2.45) is 0 Å². The molecule has 0 spiro atoms. The van der Waals surface area contributed by atoms with Crippen molar-refractivity contribution in [3.05, 3.63) is 24.5 Å². The molecule has 3 nitrogen and oxygen atoms in total. The monoisotopic (exact) mass is 239 g/mol. The van der Waals surface area contributed by atoms with Crippen molar-refractivity contribution < 1.29 is 0 Å². The SMILES string of the molecule is C=CCn1cc(C)nc1NCCCCSC. The van der Waals surface area contributed by atoms with E-state index in [1.807, 2.05) is 31.0 Å². The van der Waals surface area contributed by atoms with E-state index in [9.17, 15) is 0 Å². The van der Waals surface area contributed by atoms with E-state index in [2.05, 4.69) is 27.7 Å². The molecule has 1 rings (SSSR count). The van der Waals surface area contributed by atoms with Crippen molar-refractivity contribution in [3.8, 4) is 0 Å². The molecular weight excluding hydrogens is 218 g/mol. The highest BCUT2D eigenvalue weighted by atomic mass is 32.2. The topological polar surface area (TPSA) is 29.9 Å². The standard InChI is InChI=1S/C12H21N3S/c1-4-8-15-10-11(2)14-12(15)13-7-5-6-9-16-3/h4,10H,1,5-9H2,2-3H3,(H,13,14). The number of aromatic nitrogens is 2. The highest BCUT2D eigenvalue weighted by Crippen LogP contribution is 2.09. The fraction of sp³-hybridized carbons (Fsp3) is 0.583. The minimum atomic E-state index is 0.813. The molecule has 0 aromatic carbocycles. The van der Waals surface area contributed by atoms with Crippen LogP contribution in [0.1, 0.15) is 18.5 Å². The van der Waals surface area contributed by atoms with Crippen molar-refractivity contribution >= 4 is 17.7 Å². The summed E-state index contributed by atoms with van der Waals surface area (Å²) < 4.78 is 2.09. The third-order valence-electron chi connectivity index (χ3n) is 2.28. The molecule has 0 aliphatic rings. The van der Waals surface area contributed by atoms with E-state index < -0.39 is 0 Å². The summed E-state index contributed by atoms with van der Waals surface area (Å²) in [5, 5.41) is 3.37. The van der Waals surface area contributed by atoms with E-state index in [0.29, 0.717) is 0 Å². The van der Waals surface area contributed by atoms with E-state index in [1.165, 1.54) is 18.6 Å². The number of nitrogens with one attached hydrogen (secondary N) is 1. The maximum Gasteiger partial charge on any atom is 0.203 e. The first-order valence-corrected chi connectivity index (χ1v) is 7.04. The maximum atomic E-state index is 4.45. The van der Waals surface area contributed by atoms with Gasteiger partial charge in [0.25, 0.3) is 0 Å². The minimum absolute atomic E-state index is 0.813. The van der Waals surface area contributed by atoms with Gasteiger partial charge in [0.2, 0.25) is 5.95 Å². The lowest BCUT2D eigenvalue weighted by molar-refractivity contribution is 0.791. The second-order valence-electron chi connectivity index (χ2n) is 3.77. The van der Waals surface area contributed by atoms with Gasteiger partial charge in [0.1, 0.15) is 0 Å². The Labute approximate surface area is 102 Å². The average molecular weight is 239 g/mol. The van der Waals surface area contributed by atoms with Crippen LogP contribution in [-0.4, -0.2) is 28.1 Å². The number of aryl methyl sites for hydroxylation is 1. The predicted molar refractivity (Wildman–Crippen MR) is 73.3 cm³/mol. The summed E-state index contributed by atoms with van der Waals surface area (Å²) in [6, 6.07) is 0. The summed E-state index contributed by atoms with van der Waals surface area (Å²) in [5.41, 5.74) is 1.05. The van der Waals surface area contributed by atoms with Gasteiger partial charge in [-0.2, -0.15) is 11.8 Å². The number of hydrogen-bond donors (Lipinski definition) is 1. The van der Waals surface area contributed by atoms with Crippen LogP contribution >= 0.6 is 11.8 Å². The number of imidazole rings is 1. The Kier molecular flexibility index (Phi) is 6.08. The van der Waals surface area contributed by atoms with Gasteiger partial charge in [0.05, 0.1) is 5.69 Å². The Morgan fingerprint density at radius 1 is 1.56 bits per heavy atom. The highest BCUT2D eigenvalue weighted by molar-refractivity contribution is 7.98. The molecule has 1 N–H and O–H groups in total. The van der Waals surface area contributed by atoms with Crippen LogP contribution in [0.2, 0.25) is 0 Å². The largest absolute Gasteiger partial charge is 0.356 e. The number of thioether (sulfide) groups is 1. The Bertz CT molecular complexity index is 320. The molecule has 0 amide bonds. The number of allylic oxidation sites excluding steroid dienone is 1. The third kappa shape index (κ3) is 4.31. The lowest BCUT2D eigenvalue weighted by atomic mass is 10.3. The minimum Gasteiger partial charge on any atom is -0.356 e. The molecule has 1 heterocycles. The normalized spacial score (nSPS) is 10.4. The Morgan fingerprint density at radius 3 is 3.06 bits per heavy atom. The summed E-state index contributed by atoms with van der Waals surface area (Å²) >= 11 is 1.90. The molecule has 1 aromatic heterocycles. The zero-order valence-electron chi connectivity index (χ0n) is 10.2. The number of rotatable bonds is 8. The first kappa shape index (κ1) is 13.2. The van der Waals surface area contributed by atoms with Gasteiger partial charge in [-0.15, -0.1) is 6.58 Å². The highest BCUT2D eigenvalue weighted by Gasteiger charge is 2.02. The van der Waals surface area contributed by atoms with Gasteiger partial charge in [-0.25, -0.2) is 4.98 Å². The lowest BCUT2D eigenvalue weighted by Gasteiger charge is -2.07. The zero-order valence-corrected chi connectivity index (χ0v) is 11.0. The van der Waals surface area contributed by atoms with E-state index in [4.69, 9.17) is 0 Å². The summed E-state index contributed by atoms with van der Waals surface area (Å²) in [6.45, 7) is 7.57. The number of anilines is 1. The second-order valence-corrected chi connectivity index (χ2v) is 4.76. The molecule has 0 unspecified atom stereocenters. The molecule has 0 aliphatic heterocycles. The number of nitrogens with zero attached hydrogens (tertiary/aromatic N) is 2. The maximum absolute atomic E-state index is 4.45. The van der Waals surface area contributed by atoms with Gasteiger partial charge >= 0.3 is 0 Å². The molecular formula is C12H21N3S. The average Bonchev–Trinajstić information content (AvgIpc) is 2.59. The molecule has 0 saturated heterocycles. The van der Waals surface area contributed by atoms with Crippen LogP contribution in [-0.2, 0) is 6.54 Å². The summed E-state index contributed by atoms with van der Waals surface area (Å²) in [4.78, 5) is 4.45. The van der Waals surface area contributed by atoms with Gasteiger partial charge in [0, 0.05) is 19.3 Å². The van der Waals surface area contributed by atoms with Crippen molar-refractivity contribution in [1.82, 2.24) is 9.55 Å². The molecule has 4 heteroatoms. The van der Waals surface area contributed by atoms with Crippen LogP contribution in [0, 0.1) is 6.92 Å². The fourth-order valence-electron chi connectivity index (χ4n) is 1.54. The van der Waals surface area contributed by atoms with Crippen LogP contribution in [0.3, 0.4) is 0 Å². The van der Waals surface area contributed by atoms with Crippen LogP contribution in [0.25, 0.3) is 0 Å². The van der Waals surface area contributed by atoms with E-state index in [0.717, 1.165) is 24.7 Å². The molecule has 90 valence electrons. The van der Waals surface area contributed by atoms with Gasteiger partial charge in [-0.3, -0.25) is 0 Å². The van der Waals surface area contributed by atoms with E-state index in [1.54, 1.807) is 0 Å². The first-order valence-electron chi connectivity index (χ1n) is 5.65. The van der Waals surface area contributed by atoms with Crippen LogP contribution in [0.4, 0.5) is 5.95 Å². The van der Waals surface area contributed by atoms with Gasteiger partial charge in [0.15, 0.2) is 0 Å². The van der Waals surface area contributed by atoms with Crippen molar-refractivity contribution in [3.63, 3.8) is 0 Å². The number of hydrogen-bond acceptors (Lipinski definition) is 3. The Hall–Kier alpha value is -0.900. The summed E-state index contributed by atoms with van der Waals surface area (Å²) in [5.74, 6) is 2.20. The molecule has 16 heavy (non-hydrogen) atoms.